The van der Waals surface area contributed by atoms with Crippen molar-refractivity contribution in [1.29, 1.82) is 0 Å². The van der Waals surface area contributed by atoms with E-state index in [1.54, 1.807) is 0 Å². The standard InChI is InChI=1S/C10H22N2/c1-4-12-8-6-9(5-7-11)10(12,2)3/h9H,4-8,11H2,1-3H3. The van der Waals surface area contributed by atoms with E-state index in [0.29, 0.717) is 5.54 Å². The molecule has 0 amide bonds. The van der Waals surface area contributed by atoms with Gasteiger partial charge in [0.1, 0.15) is 0 Å². The molecule has 1 fully saturated rings. The van der Waals surface area contributed by atoms with Crippen LogP contribution in [0, 0.1) is 5.92 Å². The zero-order chi connectivity index (χ0) is 9.19. The topological polar surface area (TPSA) is 29.3 Å². The van der Waals surface area contributed by atoms with E-state index in [1.807, 2.05) is 0 Å². The van der Waals surface area contributed by atoms with E-state index in [0.717, 1.165) is 12.5 Å². The molecule has 12 heavy (non-hydrogen) atoms. The van der Waals surface area contributed by atoms with Gasteiger partial charge in [-0.05, 0) is 52.2 Å². The van der Waals surface area contributed by atoms with E-state index in [1.165, 1.54) is 25.9 Å². The fraction of sp³-hybridized carbons (Fsp3) is 1.00. The van der Waals surface area contributed by atoms with Crippen LogP contribution in [0.4, 0.5) is 0 Å². The fourth-order valence-corrected chi connectivity index (χ4v) is 2.48. The van der Waals surface area contributed by atoms with Crippen LogP contribution < -0.4 is 5.73 Å². The summed E-state index contributed by atoms with van der Waals surface area (Å²) in [5, 5.41) is 0. The van der Waals surface area contributed by atoms with Crippen molar-refractivity contribution in [3.63, 3.8) is 0 Å². The molecular weight excluding hydrogens is 148 g/mol. The normalized spacial score (nSPS) is 29.5. The first-order chi connectivity index (χ1) is 5.62. The molecule has 0 spiro atoms. The molecule has 72 valence electrons. The summed E-state index contributed by atoms with van der Waals surface area (Å²) in [6.07, 6.45) is 2.52. The predicted octanol–water partition coefficient (Wildman–Crippen LogP) is 1.46. The van der Waals surface area contributed by atoms with E-state index in [-0.39, 0.29) is 0 Å². The number of hydrogen-bond donors (Lipinski definition) is 1. The molecule has 1 aliphatic rings. The van der Waals surface area contributed by atoms with Gasteiger partial charge in [0.25, 0.3) is 0 Å². The van der Waals surface area contributed by atoms with Crippen LogP contribution in [0.25, 0.3) is 0 Å². The molecule has 0 aromatic rings. The summed E-state index contributed by atoms with van der Waals surface area (Å²) in [6.45, 7) is 10.2. The lowest BCUT2D eigenvalue weighted by Gasteiger charge is -2.35. The van der Waals surface area contributed by atoms with E-state index in [4.69, 9.17) is 5.73 Å². The van der Waals surface area contributed by atoms with Gasteiger partial charge in [0.05, 0.1) is 0 Å². The Balaban J connectivity index is 2.57. The van der Waals surface area contributed by atoms with Crippen molar-refractivity contribution in [3.8, 4) is 0 Å². The van der Waals surface area contributed by atoms with Gasteiger partial charge >= 0.3 is 0 Å². The second-order valence-electron chi connectivity index (χ2n) is 4.30. The first-order valence-corrected chi connectivity index (χ1v) is 5.08. The van der Waals surface area contributed by atoms with Crippen LogP contribution >= 0.6 is 0 Å². The zero-order valence-corrected chi connectivity index (χ0v) is 8.64. The van der Waals surface area contributed by atoms with Crippen LogP contribution in [0.5, 0.6) is 0 Å². The maximum absolute atomic E-state index is 5.60. The zero-order valence-electron chi connectivity index (χ0n) is 8.64. The van der Waals surface area contributed by atoms with E-state index >= 15 is 0 Å². The third-order valence-electron chi connectivity index (χ3n) is 3.46. The summed E-state index contributed by atoms with van der Waals surface area (Å²) in [4.78, 5) is 2.56. The molecule has 2 heteroatoms. The van der Waals surface area contributed by atoms with Gasteiger partial charge in [-0.15, -0.1) is 0 Å². The maximum atomic E-state index is 5.60. The summed E-state index contributed by atoms with van der Waals surface area (Å²) in [7, 11) is 0. The van der Waals surface area contributed by atoms with Gasteiger partial charge in [-0.2, -0.15) is 0 Å². The molecule has 0 aliphatic carbocycles. The van der Waals surface area contributed by atoms with Crippen molar-refractivity contribution < 1.29 is 0 Å². The first-order valence-electron chi connectivity index (χ1n) is 5.08. The SMILES string of the molecule is CCN1CCC(CCN)C1(C)C. The monoisotopic (exact) mass is 170 g/mol. The average Bonchev–Trinajstić information content (AvgIpc) is 2.28. The molecule has 0 bridgehead atoms. The van der Waals surface area contributed by atoms with Gasteiger partial charge in [-0.25, -0.2) is 0 Å². The molecule has 0 radical (unpaired) electrons. The van der Waals surface area contributed by atoms with Gasteiger partial charge < -0.3 is 5.73 Å². The summed E-state index contributed by atoms with van der Waals surface area (Å²) in [5.41, 5.74) is 5.98. The largest absolute Gasteiger partial charge is 0.330 e. The summed E-state index contributed by atoms with van der Waals surface area (Å²) in [6, 6.07) is 0. The number of nitrogens with two attached hydrogens (primary N) is 1. The highest BCUT2D eigenvalue weighted by Crippen LogP contribution is 2.35. The van der Waals surface area contributed by atoms with E-state index in [2.05, 4.69) is 25.7 Å². The highest BCUT2D eigenvalue weighted by molar-refractivity contribution is 4.94. The molecule has 0 saturated carbocycles. The maximum Gasteiger partial charge on any atom is 0.0182 e. The lowest BCUT2D eigenvalue weighted by molar-refractivity contribution is 0.142. The highest BCUT2D eigenvalue weighted by atomic mass is 15.2. The number of hydrogen-bond acceptors (Lipinski definition) is 2. The molecule has 1 saturated heterocycles. The van der Waals surface area contributed by atoms with Crippen LogP contribution in [0.2, 0.25) is 0 Å². The van der Waals surface area contributed by atoms with Crippen molar-refractivity contribution in [2.24, 2.45) is 11.7 Å². The van der Waals surface area contributed by atoms with Gasteiger partial charge in [0.15, 0.2) is 0 Å². The highest BCUT2D eigenvalue weighted by Gasteiger charge is 2.39. The summed E-state index contributed by atoms with van der Waals surface area (Å²) in [5.74, 6) is 0.808. The summed E-state index contributed by atoms with van der Waals surface area (Å²) < 4.78 is 0. The Bertz CT molecular complexity index is 143. The van der Waals surface area contributed by atoms with Crippen molar-refractivity contribution in [3.05, 3.63) is 0 Å². The van der Waals surface area contributed by atoms with Crippen LogP contribution in [0.1, 0.15) is 33.6 Å². The minimum atomic E-state index is 0.383. The van der Waals surface area contributed by atoms with Crippen LogP contribution in [0.15, 0.2) is 0 Å². The number of rotatable bonds is 3. The van der Waals surface area contributed by atoms with Gasteiger partial charge in [0, 0.05) is 5.54 Å². The van der Waals surface area contributed by atoms with Gasteiger partial charge in [-0.3, -0.25) is 4.90 Å². The minimum Gasteiger partial charge on any atom is -0.330 e. The van der Waals surface area contributed by atoms with Crippen LogP contribution in [-0.2, 0) is 0 Å². The molecule has 1 unspecified atom stereocenters. The van der Waals surface area contributed by atoms with E-state index < -0.39 is 0 Å². The second kappa shape index (κ2) is 3.75. The van der Waals surface area contributed by atoms with Crippen molar-refractivity contribution >= 4 is 0 Å². The Morgan fingerprint density at radius 1 is 1.50 bits per heavy atom. The third kappa shape index (κ3) is 1.64. The second-order valence-corrected chi connectivity index (χ2v) is 4.30. The lowest BCUT2D eigenvalue weighted by Crippen LogP contribution is -2.42. The molecule has 1 aliphatic heterocycles. The molecule has 2 N–H and O–H groups in total. The molecular formula is C10H22N2. The fourth-order valence-electron chi connectivity index (χ4n) is 2.48. The minimum absolute atomic E-state index is 0.383. The predicted molar refractivity (Wildman–Crippen MR) is 53.1 cm³/mol. The Morgan fingerprint density at radius 3 is 2.58 bits per heavy atom. The smallest absolute Gasteiger partial charge is 0.0182 e. The first kappa shape index (κ1) is 10.0. The van der Waals surface area contributed by atoms with Crippen LogP contribution in [-0.4, -0.2) is 30.1 Å². The van der Waals surface area contributed by atoms with Crippen molar-refractivity contribution in [2.75, 3.05) is 19.6 Å². The number of likely N-dealkylation sites (tertiary alicyclic amines) is 1. The third-order valence-corrected chi connectivity index (χ3v) is 3.46. The molecule has 1 heterocycles. The van der Waals surface area contributed by atoms with Gasteiger partial charge in [-0.1, -0.05) is 6.92 Å². The van der Waals surface area contributed by atoms with Crippen molar-refractivity contribution in [1.82, 2.24) is 4.90 Å². The lowest BCUT2D eigenvalue weighted by atomic mass is 9.86. The molecule has 1 rings (SSSR count). The quantitative estimate of drug-likeness (QED) is 0.694. The molecule has 0 aromatic carbocycles. The Kier molecular flexibility index (Phi) is 3.13. The molecule has 2 nitrogen and oxygen atoms in total. The van der Waals surface area contributed by atoms with Gasteiger partial charge in [0.2, 0.25) is 0 Å². The Hall–Kier alpha value is -0.0800. The van der Waals surface area contributed by atoms with Crippen molar-refractivity contribution in [2.45, 2.75) is 39.2 Å². The molecule has 1 atom stereocenters. The molecule has 0 aromatic heterocycles. The van der Waals surface area contributed by atoms with E-state index in [9.17, 15) is 0 Å². The average molecular weight is 170 g/mol. The van der Waals surface area contributed by atoms with Crippen LogP contribution in [0.3, 0.4) is 0 Å². The number of nitrogens with zero attached hydrogens (tertiary/aromatic N) is 1. The Labute approximate surface area is 76.1 Å². The summed E-state index contributed by atoms with van der Waals surface area (Å²) >= 11 is 0. The Morgan fingerprint density at radius 2 is 2.17 bits per heavy atom.